The van der Waals surface area contributed by atoms with Crippen LogP contribution in [0.2, 0.25) is 0 Å². The van der Waals surface area contributed by atoms with E-state index in [-0.39, 0.29) is 0 Å². The average Bonchev–Trinajstić information content (AvgIpc) is 3.01. The quantitative estimate of drug-likeness (QED) is 0.730. The topological polar surface area (TPSA) is 69.1 Å². The van der Waals surface area contributed by atoms with Crippen LogP contribution in [0.3, 0.4) is 0 Å². The van der Waals surface area contributed by atoms with E-state index in [1.807, 2.05) is 22.7 Å². The third-order valence-electron chi connectivity index (χ3n) is 3.18. The van der Waals surface area contributed by atoms with Crippen molar-refractivity contribution < 1.29 is 0 Å². The maximum atomic E-state index is 5.84. The van der Waals surface area contributed by atoms with Gasteiger partial charge in [0.1, 0.15) is 5.01 Å². The molecule has 4 rings (SSSR count). The first kappa shape index (κ1) is 11.4. The molecule has 0 atom stereocenters. The third kappa shape index (κ3) is 1.84. The molecule has 2 N–H and O–H groups in total. The van der Waals surface area contributed by atoms with Crippen molar-refractivity contribution in [3.63, 3.8) is 0 Å². The summed E-state index contributed by atoms with van der Waals surface area (Å²) in [6.07, 6.45) is 2.38. The van der Waals surface area contributed by atoms with Crippen LogP contribution in [0.25, 0.3) is 15.5 Å². The highest BCUT2D eigenvalue weighted by molar-refractivity contribution is 9.10. The van der Waals surface area contributed by atoms with E-state index in [0.29, 0.717) is 5.92 Å². The van der Waals surface area contributed by atoms with Gasteiger partial charge in [-0.05, 0) is 31.0 Å². The van der Waals surface area contributed by atoms with E-state index >= 15 is 0 Å². The normalized spacial score (nSPS) is 15.2. The Hall–Kier alpha value is -1.47. The lowest BCUT2D eigenvalue weighted by Gasteiger charge is -2.01. The molecule has 0 amide bonds. The number of rotatable bonds is 2. The van der Waals surface area contributed by atoms with Crippen LogP contribution in [-0.4, -0.2) is 19.8 Å². The highest BCUT2D eigenvalue weighted by atomic mass is 79.9. The predicted molar refractivity (Wildman–Crippen MR) is 78.2 cm³/mol. The standard InChI is InChI=1S/C12H10BrN5S/c13-9-4-3-7(14)5-8(9)11-17-18-10(6-1-2-6)15-16-12(18)19-11/h3-6H,1-2,14H2. The van der Waals surface area contributed by atoms with Crippen LogP contribution in [-0.2, 0) is 0 Å². The zero-order valence-corrected chi connectivity index (χ0v) is 12.3. The van der Waals surface area contributed by atoms with Gasteiger partial charge in [-0.1, -0.05) is 27.3 Å². The van der Waals surface area contributed by atoms with Gasteiger partial charge in [0.2, 0.25) is 4.96 Å². The van der Waals surface area contributed by atoms with Gasteiger partial charge < -0.3 is 5.73 Å². The molecule has 0 spiro atoms. The maximum Gasteiger partial charge on any atom is 0.234 e. The minimum Gasteiger partial charge on any atom is -0.399 e. The highest BCUT2D eigenvalue weighted by Crippen LogP contribution is 2.40. The van der Waals surface area contributed by atoms with Crippen molar-refractivity contribution in [2.24, 2.45) is 0 Å². The van der Waals surface area contributed by atoms with Crippen molar-refractivity contribution in [1.82, 2.24) is 19.8 Å². The Balaban J connectivity index is 1.88. The molecule has 0 bridgehead atoms. The molecule has 5 nitrogen and oxygen atoms in total. The Labute approximate surface area is 121 Å². The van der Waals surface area contributed by atoms with Gasteiger partial charge in [0.15, 0.2) is 5.82 Å². The van der Waals surface area contributed by atoms with Crippen molar-refractivity contribution in [2.75, 3.05) is 5.73 Å². The van der Waals surface area contributed by atoms with Crippen molar-refractivity contribution >= 4 is 37.9 Å². The molecule has 0 aliphatic heterocycles. The molecule has 3 aromatic rings. The van der Waals surface area contributed by atoms with Crippen LogP contribution in [0.5, 0.6) is 0 Å². The van der Waals surface area contributed by atoms with E-state index in [1.54, 1.807) is 0 Å². The molecule has 96 valence electrons. The molecule has 1 saturated carbocycles. The van der Waals surface area contributed by atoms with Crippen LogP contribution < -0.4 is 5.73 Å². The summed E-state index contributed by atoms with van der Waals surface area (Å²) in [6.45, 7) is 0. The zero-order chi connectivity index (χ0) is 13.0. The average molecular weight is 336 g/mol. The maximum absolute atomic E-state index is 5.84. The summed E-state index contributed by atoms with van der Waals surface area (Å²) < 4.78 is 2.85. The second kappa shape index (κ2) is 4.01. The fraction of sp³-hybridized carbons (Fsp3) is 0.250. The van der Waals surface area contributed by atoms with Gasteiger partial charge in [0.05, 0.1) is 0 Å². The first-order chi connectivity index (χ1) is 9.22. The fourth-order valence-corrected chi connectivity index (χ4v) is 3.49. The molecule has 1 aromatic carbocycles. The predicted octanol–water partition coefficient (Wildman–Crippen LogP) is 3.07. The number of nitrogen functional groups attached to an aromatic ring is 1. The number of nitrogens with zero attached hydrogens (tertiary/aromatic N) is 4. The monoisotopic (exact) mass is 335 g/mol. The molecular weight excluding hydrogens is 326 g/mol. The Kier molecular flexibility index (Phi) is 2.40. The van der Waals surface area contributed by atoms with Gasteiger partial charge in [0, 0.05) is 21.6 Å². The number of benzene rings is 1. The van der Waals surface area contributed by atoms with Gasteiger partial charge in [-0.2, -0.15) is 9.61 Å². The molecule has 7 heteroatoms. The lowest BCUT2D eigenvalue weighted by atomic mass is 10.2. The first-order valence-corrected chi connectivity index (χ1v) is 7.61. The molecular formula is C12H10BrN5S. The van der Waals surface area contributed by atoms with Gasteiger partial charge in [0.25, 0.3) is 0 Å². The van der Waals surface area contributed by atoms with Crippen LogP contribution in [0.15, 0.2) is 22.7 Å². The van der Waals surface area contributed by atoms with Crippen LogP contribution >= 0.6 is 27.3 Å². The summed E-state index contributed by atoms with van der Waals surface area (Å²) in [5, 5.41) is 14.0. The summed E-state index contributed by atoms with van der Waals surface area (Å²) in [5.74, 6) is 1.52. The Bertz CT molecular complexity index is 774. The Morgan fingerprint density at radius 3 is 2.95 bits per heavy atom. The van der Waals surface area contributed by atoms with Crippen molar-refractivity contribution in [2.45, 2.75) is 18.8 Å². The van der Waals surface area contributed by atoms with E-state index < -0.39 is 0 Å². The minimum atomic E-state index is 0.536. The summed E-state index contributed by atoms with van der Waals surface area (Å²) in [7, 11) is 0. The SMILES string of the molecule is Nc1ccc(Br)c(-c2nn3c(C4CC4)nnc3s2)c1. The van der Waals surface area contributed by atoms with E-state index in [2.05, 4.69) is 31.2 Å². The number of fused-ring (bicyclic) bond motifs is 1. The van der Waals surface area contributed by atoms with E-state index in [1.165, 1.54) is 24.2 Å². The van der Waals surface area contributed by atoms with Gasteiger partial charge in [-0.15, -0.1) is 10.2 Å². The van der Waals surface area contributed by atoms with Crippen molar-refractivity contribution in [3.8, 4) is 10.6 Å². The van der Waals surface area contributed by atoms with E-state index in [9.17, 15) is 0 Å². The van der Waals surface area contributed by atoms with Crippen LogP contribution in [0, 0.1) is 0 Å². The third-order valence-corrected chi connectivity index (χ3v) is 4.80. The molecule has 0 unspecified atom stereocenters. The molecule has 2 aromatic heterocycles. The number of anilines is 1. The minimum absolute atomic E-state index is 0.536. The molecule has 1 aliphatic rings. The lowest BCUT2D eigenvalue weighted by molar-refractivity contribution is 0.828. The van der Waals surface area contributed by atoms with Crippen LogP contribution in [0.4, 0.5) is 5.69 Å². The summed E-state index contributed by atoms with van der Waals surface area (Å²) in [4.78, 5) is 0.839. The Morgan fingerprint density at radius 2 is 2.16 bits per heavy atom. The number of hydrogen-bond donors (Lipinski definition) is 1. The van der Waals surface area contributed by atoms with E-state index in [4.69, 9.17) is 5.73 Å². The number of halogens is 1. The largest absolute Gasteiger partial charge is 0.399 e. The molecule has 1 aliphatic carbocycles. The highest BCUT2D eigenvalue weighted by Gasteiger charge is 2.30. The second-order valence-corrected chi connectivity index (χ2v) is 6.48. The molecule has 1 fully saturated rings. The summed E-state index contributed by atoms with van der Waals surface area (Å²) in [5.41, 5.74) is 7.57. The zero-order valence-electron chi connectivity index (χ0n) is 9.88. The van der Waals surface area contributed by atoms with Crippen molar-refractivity contribution in [3.05, 3.63) is 28.5 Å². The van der Waals surface area contributed by atoms with E-state index in [0.717, 1.165) is 31.5 Å². The van der Waals surface area contributed by atoms with Crippen LogP contribution in [0.1, 0.15) is 24.6 Å². The second-order valence-electron chi connectivity index (χ2n) is 4.67. The molecule has 0 radical (unpaired) electrons. The number of hydrogen-bond acceptors (Lipinski definition) is 5. The summed E-state index contributed by atoms with van der Waals surface area (Å²) in [6, 6.07) is 5.73. The molecule has 0 saturated heterocycles. The van der Waals surface area contributed by atoms with Gasteiger partial charge in [-0.3, -0.25) is 0 Å². The van der Waals surface area contributed by atoms with Crippen molar-refractivity contribution in [1.29, 1.82) is 0 Å². The summed E-state index contributed by atoms with van der Waals surface area (Å²) >= 11 is 5.07. The molecule has 19 heavy (non-hydrogen) atoms. The van der Waals surface area contributed by atoms with Gasteiger partial charge >= 0.3 is 0 Å². The first-order valence-electron chi connectivity index (χ1n) is 6.00. The lowest BCUT2D eigenvalue weighted by Crippen LogP contribution is -1.94. The smallest absolute Gasteiger partial charge is 0.234 e. The number of aromatic nitrogens is 4. The molecule has 2 heterocycles. The number of nitrogens with two attached hydrogens (primary N) is 1. The fourth-order valence-electron chi connectivity index (χ4n) is 2.04. The Morgan fingerprint density at radius 1 is 1.32 bits per heavy atom. The van der Waals surface area contributed by atoms with Gasteiger partial charge in [-0.25, -0.2) is 0 Å².